The van der Waals surface area contributed by atoms with Gasteiger partial charge in [-0.05, 0) is 13.8 Å². The zero-order chi connectivity index (χ0) is 13.3. The second-order valence-corrected chi connectivity index (χ2v) is 6.19. The Balaban J connectivity index is 2.09. The lowest BCUT2D eigenvalue weighted by molar-refractivity contribution is -0.117. The van der Waals surface area contributed by atoms with E-state index in [-0.39, 0.29) is 22.3 Å². The van der Waals surface area contributed by atoms with Gasteiger partial charge in [-0.25, -0.2) is 0 Å². The van der Waals surface area contributed by atoms with E-state index in [0.717, 1.165) is 5.69 Å². The summed E-state index contributed by atoms with van der Waals surface area (Å²) in [7, 11) is 0. The summed E-state index contributed by atoms with van der Waals surface area (Å²) in [6.45, 7) is 6.20. The van der Waals surface area contributed by atoms with E-state index in [2.05, 4.69) is 5.10 Å². The maximum absolute atomic E-state index is 11.9. The van der Waals surface area contributed by atoms with Crippen molar-refractivity contribution in [1.29, 1.82) is 0 Å². The van der Waals surface area contributed by atoms with Gasteiger partial charge in [0, 0.05) is 37.4 Å². The summed E-state index contributed by atoms with van der Waals surface area (Å²) in [5.41, 5.74) is 0.820. The second-order valence-electron chi connectivity index (χ2n) is 4.71. The van der Waals surface area contributed by atoms with Crippen LogP contribution in [0, 0.1) is 0 Å². The molecular weight excluding hydrogens is 250 g/mol. The van der Waals surface area contributed by atoms with Gasteiger partial charge >= 0.3 is 0 Å². The number of aromatic nitrogens is 2. The average molecular weight is 267 g/mol. The van der Waals surface area contributed by atoms with Crippen molar-refractivity contribution in [2.75, 3.05) is 11.4 Å². The summed E-state index contributed by atoms with van der Waals surface area (Å²) in [4.78, 5) is 24.7. The van der Waals surface area contributed by atoms with Gasteiger partial charge in [0.2, 0.25) is 5.91 Å². The molecule has 0 bridgehead atoms. The molecule has 1 aliphatic heterocycles. The molecule has 0 radical (unpaired) electrons. The predicted octanol–water partition coefficient (Wildman–Crippen LogP) is 1.85. The van der Waals surface area contributed by atoms with Crippen LogP contribution in [-0.4, -0.2) is 32.6 Å². The Kier molecular flexibility index (Phi) is 3.75. The molecule has 1 amide bonds. The SMILES string of the molecule is CC(=O)SC1CC(=O)N(c2cnn(C(C)C)c2)C1. The van der Waals surface area contributed by atoms with E-state index in [1.165, 1.54) is 18.7 Å². The molecule has 2 rings (SSSR count). The molecule has 98 valence electrons. The topological polar surface area (TPSA) is 55.2 Å². The summed E-state index contributed by atoms with van der Waals surface area (Å²) < 4.78 is 1.83. The Morgan fingerprint density at radius 3 is 2.83 bits per heavy atom. The number of nitrogens with zero attached hydrogens (tertiary/aromatic N) is 3. The van der Waals surface area contributed by atoms with Crippen LogP contribution in [0.15, 0.2) is 12.4 Å². The Morgan fingerprint density at radius 1 is 1.56 bits per heavy atom. The van der Waals surface area contributed by atoms with E-state index in [1.54, 1.807) is 11.1 Å². The number of carbonyl (C=O) groups excluding carboxylic acids is 2. The maximum Gasteiger partial charge on any atom is 0.228 e. The molecule has 2 heterocycles. The number of anilines is 1. The van der Waals surface area contributed by atoms with E-state index in [0.29, 0.717) is 13.0 Å². The van der Waals surface area contributed by atoms with Gasteiger partial charge in [-0.2, -0.15) is 5.10 Å². The van der Waals surface area contributed by atoms with Crippen LogP contribution in [0.25, 0.3) is 0 Å². The minimum atomic E-state index is 0.0625. The Morgan fingerprint density at radius 2 is 2.28 bits per heavy atom. The van der Waals surface area contributed by atoms with Gasteiger partial charge in [0.15, 0.2) is 5.12 Å². The van der Waals surface area contributed by atoms with E-state index in [4.69, 9.17) is 0 Å². The largest absolute Gasteiger partial charge is 0.308 e. The van der Waals surface area contributed by atoms with E-state index >= 15 is 0 Å². The number of carbonyl (C=O) groups is 2. The number of thioether (sulfide) groups is 1. The molecule has 1 aromatic rings. The lowest BCUT2D eigenvalue weighted by Crippen LogP contribution is -2.24. The lowest BCUT2D eigenvalue weighted by Gasteiger charge is -2.13. The molecule has 0 aromatic carbocycles. The summed E-state index contributed by atoms with van der Waals surface area (Å²) in [6.07, 6.45) is 4.01. The molecule has 5 nitrogen and oxygen atoms in total. The molecule has 0 spiro atoms. The van der Waals surface area contributed by atoms with Crippen LogP contribution in [0.3, 0.4) is 0 Å². The fourth-order valence-electron chi connectivity index (χ4n) is 1.99. The van der Waals surface area contributed by atoms with Crippen LogP contribution in [0.4, 0.5) is 5.69 Å². The van der Waals surface area contributed by atoms with Crippen LogP contribution in [0.2, 0.25) is 0 Å². The van der Waals surface area contributed by atoms with Crippen molar-refractivity contribution in [1.82, 2.24) is 9.78 Å². The molecule has 1 fully saturated rings. The first-order valence-electron chi connectivity index (χ1n) is 5.99. The molecule has 0 saturated carbocycles. The molecular formula is C12H17N3O2S. The monoisotopic (exact) mass is 267 g/mol. The molecule has 1 unspecified atom stereocenters. The van der Waals surface area contributed by atoms with Crippen molar-refractivity contribution >= 4 is 28.5 Å². The van der Waals surface area contributed by atoms with Crippen molar-refractivity contribution in [2.45, 2.75) is 38.5 Å². The molecule has 0 N–H and O–H groups in total. The molecule has 18 heavy (non-hydrogen) atoms. The van der Waals surface area contributed by atoms with Crippen molar-refractivity contribution in [3.8, 4) is 0 Å². The van der Waals surface area contributed by atoms with E-state index in [9.17, 15) is 9.59 Å². The molecule has 1 atom stereocenters. The summed E-state index contributed by atoms with van der Waals surface area (Å²) in [5, 5.41) is 4.36. The molecule has 0 aliphatic carbocycles. The van der Waals surface area contributed by atoms with Crippen LogP contribution in [0.1, 0.15) is 33.2 Å². The standard InChI is InChI=1S/C12H17N3O2S/c1-8(2)15-6-10(5-13-15)14-7-11(4-12(14)17)18-9(3)16/h5-6,8,11H,4,7H2,1-3H3. The van der Waals surface area contributed by atoms with Crippen molar-refractivity contribution in [2.24, 2.45) is 0 Å². The van der Waals surface area contributed by atoms with E-state index in [1.807, 2.05) is 24.7 Å². The highest BCUT2D eigenvalue weighted by atomic mass is 32.2. The predicted molar refractivity (Wildman–Crippen MR) is 71.6 cm³/mol. The van der Waals surface area contributed by atoms with Crippen LogP contribution in [0.5, 0.6) is 0 Å². The first-order valence-corrected chi connectivity index (χ1v) is 6.87. The molecule has 1 aliphatic rings. The second kappa shape index (κ2) is 5.14. The van der Waals surface area contributed by atoms with Crippen LogP contribution < -0.4 is 4.90 Å². The molecule has 1 aromatic heterocycles. The van der Waals surface area contributed by atoms with Gasteiger partial charge in [-0.1, -0.05) is 11.8 Å². The third-order valence-electron chi connectivity index (χ3n) is 2.85. The fraction of sp³-hybridized carbons (Fsp3) is 0.583. The Hall–Kier alpha value is -1.30. The van der Waals surface area contributed by atoms with Gasteiger partial charge in [0.1, 0.15) is 0 Å². The van der Waals surface area contributed by atoms with Gasteiger partial charge in [-0.3, -0.25) is 14.3 Å². The van der Waals surface area contributed by atoms with Gasteiger partial charge in [-0.15, -0.1) is 0 Å². The molecule has 1 saturated heterocycles. The molecule has 6 heteroatoms. The number of hydrogen-bond acceptors (Lipinski definition) is 4. The minimum absolute atomic E-state index is 0.0625. The number of hydrogen-bond donors (Lipinski definition) is 0. The van der Waals surface area contributed by atoms with Gasteiger partial charge in [0.25, 0.3) is 0 Å². The fourth-order valence-corrected chi connectivity index (χ4v) is 2.91. The summed E-state index contributed by atoms with van der Waals surface area (Å²) in [6, 6.07) is 0.277. The number of rotatable bonds is 3. The van der Waals surface area contributed by atoms with Crippen LogP contribution >= 0.6 is 11.8 Å². The highest BCUT2D eigenvalue weighted by Gasteiger charge is 2.32. The summed E-state index contributed by atoms with van der Waals surface area (Å²) >= 11 is 1.25. The Bertz CT molecular complexity index is 470. The van der Waals surface area contributed by atoms with E-state index < -0.39 is 0 Å². The first-order chi connectivity index (χ1) is 8.47. The third kappa shape index (κ3) is 2.75. The van der Waals surface area contributed by atoms with Gasteiger partial charge < -0.3 is 4.90 Å². The average Bonchev–Trinajstić information content (AvgIpc) is 2.83. The normalized spacial score (nSPS) is 19.9. The summed E-state index contributed by atoms with van der Waals surface area (Å²) in [5.74, 6) is 0.0667. The zero-order valence-corrected chi connectivity index (χ0v) is 11.6. The third-order valence-corrected chi connectivity index (χ3v) is 3.83. The van der Waals surface area contributed by atoms with Crippen molar-refractivity contribution in [3.05, 3.63) is 12.4 Å². The smallest absolute Gasteiger partial charge is 0.228 e. The van der Waals surface area contributed by atoms with Crippen molar-refractivity contribution < 1.29 is 9.59 Å². The van der Waals surface area contributed by atoms with Crippen molar-refractivity contribution in [3.63, 3.8) is 0 Å². The minimum Gasteiger partial charge on any atom is -0.308 e. The maximum atomic E-state index is 11.9. The zero-order valence-electron chi connectivity index (χ0n) is 10.8. The lowest BCUT2D eigenvalue weighted by atomic mass is 10.4. The Labute approximate surface area is 111 Å². The first kappa shape index (κ1) is 13.1. The quantitative estimate of drug-likeness (QED) is 0.838. The van der Waals surface area contributed by atoms with Gasteiger partial charge in [0.05, 0.1) is 11.9 Å². The van der Waals surface area contributed by atoms with Crippen LogP contribution in [-0.2, 0) is 9.59 Å². The highest BCUT2D eigenvalue weighted by Crippen LogP contribution is 2.28. The number of amides is 1. The highest BCUT2D eigenvalue weighted by molar-refractivity contribution is 8.14.